The van der Waals surface area contributed by atoms with Crippen molar-refractivity contribution in [2.75, 3.05) is 43.4 Å². The Hall–Kier alpha value is -2.18. The maximum Gasteiger partial charge on any atom is 0.258 e. The second-order valence-corrected chi connectivity index (χ2v) is 6.47. The molecule has 1 aliphatic heterocycles. The van der Waals surface area contributed by atoms with Crippen LogP contribution >= 0.6 is 11.6 Å². The molecule has 0 spiro atoms. The number of amides is 1. The van der Waals surface area contributed by atoms with Crippen LogP contribution in [0.2, 0.25) is 5.02 Å². The van der Waals surface area contributed by atoms with Crippen molar-refractivity contribution in [2.45, 2.75) is 0 Å². The van der Waals surface area contributed by atoms with Gasteiger partial charge in [-0.2, -0.15) is 0 Å². The summed E-state index contributed by atoms with van der Waals surface area (Å²) in [5.41, 5.74) is 1.12. The Morgan fingerprint density at radius 1 is 1.08 bits per heavy atom. The van der Waals surface area contributed by atoms with Gasteiger partial charge in [0.1, 0.15) is 11.6 Å². The normalized spacial score (nSPS) is 15.3. The molecule has 7 heteroatoms. The minimum Gasteiger partial charge on any atom is -0.367 e. The zero-order valence-electron chi connectivity index (χ0n) is 13.7. The number of benzene rings is 2. The number of carbonyl (C=O) groups is 1. The van der Waals surface area contributed by atoms with Gasteiger partial charge >= 0.3 is 0 Å². The van der Waals surface area contributed by atoms with Crippen molar-refractivity contribution < 1.29 is 13.6 Å². The largest absolute Gasteiger partial charge is 0.367 e. The Labute approximate surface area is 150 Å². The second-order valence-electron chi connectivity index (χ2n) is 6.03. The molecule has 1 fully saturated rings. The fourth-order valence-corrected chi connectivity index (χ4v) is 2.97. The highest BCUT2D eigenvalue weighted by Crippen LogP contribution is 2.30. The number of nitrogens with zero attached hydrogens (tertiary/aromatic N) is 2. The van der Waals surface area contributed by atoms with Crippen molar-refractivity contribution in [1.82, 2.24) is 4.90 Å². The number of piperazine rings is 1. The van der Waals surface area contributed by atoms with Crippen LogP contribution in [0, 0.1) is 11.6 Å². The van der Waals surface area contributed by atoms with Gasteiger partial charge in [0.05, 0.1) is 16.9 Å². The molecule has 0 atom stereocenters. The Bertz CT molecular complexity index is 792. The summed E-state index contributed by atoms with van der Waals surface area (Å²) in [6, 6.07) is 8.09. The first kappa shape index (κ1) is 17.6. The summed E-state index contributed by atoms with van der Waals surface area (Å²) in [5, 5.41) is 3.16. The summed E-state index contributed by atoms with van der Waals surface area (Å²) in [6.07, 6.45) is 0. The van der Waals surface area contributed by atoms with Gasteiger partial charge in [-0.25, -0.2) is 8.78 Å². The van der Waals surface area contributed by atoms with Gasteiger partial charge < -0.3 is 15.1 Å². The molecule has 0 unspecified atom stereocenters. The van der Waals surface area contributed by atoms with Crippen LogP contribution in [-0.4, -0.2) is 44.0 Å². The molecular weight excluding hydrogens is 348 g/mol. The van der Waals surface area contributed by atoms with E-state index in [1.54, 1.807) is 12.1 Å². The molecule has 1 aliphatic rings. The fourth-order valence-electron chi connectivity index (χ4n) is 2.79. The molecule has 1 heterocycles. The van der Waals surface area contributed by atoms with Crippen LogP contribution in [0.3, 0.4) is 0 Å². The molecule has 0 aliphatic carbocycles. The van der Waals surface area contributed by atoms with Crippen molar-refractivity contribution in [1.29, 1.82) is 0 Å². The van der Waals surface area contributed by atoms with Gasteiger partial charge in [-0.15, -0.1) is 0 Å². The molecule has 1 N–H and O–H groups in total. The van der Waals surface area contributed by atoms with E-state index in [9.17, 15) is 13.6 Å². The van der Waals surface area contributed by atoms with Crippen molar-refractivity contribution in [3.05, 3.63) is 58.6 Å². The maximum atomic E-state index is 13.8. The summed E-state index contributed by atoms with van der Waals surface area (Å²) in [6.45, 7) is 3.43. The topological polar surface area (TPSA) is 35.6 Å². The van der Waals surface area contributed by atoms with Gasteiger partial charge in [0.2, 0.25) is 0 Å². The molecule has 0 radical (unpaired) electrons. The minimum absolute atomic E-state index is 0.217. The standard InChI is InChI=1S/C18H18ClF2N3O/c1-23-6-8-24(9-7-23)17-5-2-12(19)10-16(17)22-18(25)14-4-3-13(20)11-15(14)21/h2-5,10-11H,6-9H2,1H3,(H,22,25). The summed E-state index contributed by atoms with van der Waals surface area (Å²) >= 11 is 6.06. The zero-order chi connectivity index (χ0) is 18.0. The van der Waals surface area contributed by atoms with E-state index in [0.29, 0.717) is 16.8 Å². The van der Waals surface area contributed by atoms with E-state index in [0.717, 1.165) is 44.0 Å². The molecule has 1 saturated heterocycles. The lowest BCUT2D eigenvalue weighted by atomic mass is 10.1. The van der Waals surface area contributed by atoms with Gasteiger partial charge in [0.25, 0.3) is 5.91 Å². The Kier molecular flexibility index (Phi) is 5.20. The molecule has 0 bridgehead atoms. The highest BCUT2D eigenvalue weighted by molar-refractivity contribution is 6.31. The minimum atomic E-state index is -0.902. The van der Waals surface area contributed by atoms with E-state index in [1.807, 2.05) is 6.07 Å². The molecule has 0 saturated carbocycles. The van der Waals surface area contributed by atoms with Crippen LogP contribution in [0.1, 0.15) is 10.4 Å². The number of anilines is 2. The van der Waals surface area contributed by atoms with Gasteiger partial charge in [-0.3, -0.25) is 4.79 Å². The van der Waals surface area contributed by atoms with E-state index >= 15 is 0 Å². The van der Waals surface area contributed by atoms with Crippen LogP contribution in [-0.2, 0) is 0 Å². The third-order valence-corrected chi connectivity index (χ3v) is 4.46. The fraction of sp³-hybridized carbons (Fsp3) is 0.278. The van der Waals surface area contributed by atoms with Crippen LogP contribution < -0.4 is 10.2 Å². The number of halogens is 3. The quantitative estimate of drug-likeness (QED) is 0.902. The molecule has 25 heavy (non-hydrogen) atoms. The van der Waals surface area contributed by atoms with Crippen molar-refractivity contribution in [2.24, 2.45) is 0 Å². The van der Waals surface area contributed by atoms with Gasteiger partial charge in [-0.1, -0.05) is 11.6 Å². The molecule has 4 nitrogen and oxygen atoms in total. The van der Waals surface area contributed by atoms with Crippen LogP contribution in [0.5, 0.6) is 0 Å². The first-order valence-corrected chi connectivity index (χ1v) is 8.31. The molecule has 1 amide bonds. The Morgan fingerprint density at radius 2 is 1.80 bits per heavy atom. The molecule has 0 aromatic heterocycles. The van der Waals surface area contributed by atoms with E-state index in [4.69, 9.17) is 11.6 Å². The van der Waals surface area contributed by atoms with Gasteiger partial charge in [-0.05, 0) is 37.4 Å². The van der Waals surface area contributed by atoms with Crippen molar-refractivity contribution >= 4 is 28.9 Å². The van der Waals surface area contributed by atoms with E-state index in [2.05, 4.69) is 22.2 Å². The smallest absolute Gasteiger partial charge is 0.258 e. The number of rotatable bonds is 3. The zero-order valence-corrected chi connectivity index (χ0v) is 14.5. The van der Waals surface area contributed by atoms with Gasteiger partial charge in [0, 0.05) is 37.3 Å². The van der Waals surface area contributed by atoms with Gasteiger partial charge in [0.15, 0.2) is 0 Å². The second kappa shape index (κ2) is 7.37. The highest BCUT2D eigenvalue weighted by atomic mass is 35.5. The third-order valence-electron chi connectivity index (χ3n) is 4.23. The number of hydrogen-bond acceptors (Lipinski definition) is 3. The predicted molar refractivity (Wildman–Crippen MR) is 95.5 cm³/mol. The summed E-state index contributed by atoms with van der Waals surface area (Å²) in [7, 11) is 2.05. The first-order valence-electron chi connectivity index (χ1n) is 7.93. The van der Waals surface area contributed by atoms with Crippen molar-refractivity contribution in [3.8, 4) is 0 Å². The highest BCUT2D eigenvalue weighted by Gasteiger charge is 2.20. The lowest BCUT2D eigenvalue weighted by molar-refractivity contribution is 0.102. The summed E-state index contributed by atoms with van der Waals surface area (Å²) in [5.74, 6) is -2.27. The average molecular weight is 366 g/mol. The van der Waals surface area contributed by atoms with Crippen molar-refractivity contribution in [3.63, 3.8) is 0 Å². The third kappa shape index (κ3) is 4.08. The van der Waals surface area contributed by atoms with E-state index < -0.39 is 17.5 Å². The maximum absolute atomic E-state index is 13.8. The van der Waals surface area contributed by atoms with E-state index in [-0.39, 0.29) is 5.56 Å². The molecule has 2 aromatic carbocycles. The Balaban J connectivity index is 1.86. The molecular formula is C18H18ClF2N3O. The van der Waals surface area contributed by atoms with Crippen LogP contribution in [0.4, 0.5) is 20.2 Å². The lowest BCUT2D eigenvalue weighted by Gasteiger charge is -2.35. The molecule has 3 rings (SSSR count). The molecule has 2 aromatic rings. The average Bonchev–Trinajstić information content (AvgIpc) is 2.56. The number of carbonyl (C=O) groups excluding carboxylic acids is 1. The monoisotopic (exact) mass is 365 g/mol. The number of nitrogens with one attached hydrogen (secondary N) is 1. The number of hydrogen-bond donors (Lipinski definition) is 1. The van der Waals surface area contributed by atoms with Crippen LogP contribution in [0.15, 0.2) is 36.4 Å². The lowest BCUT2D eigenvalue weighted by Crippen LogP contribution is -2.44. The van der Waals surface area contributed by atoms with E-state index in [1.165, 1.54) is 0 Å². The first-order chi connectivity index (χ1) is 11.9. The SMILES string of the molecule is CN1CCN(c2ccc(Cl)cc2NC(=O)c2ccc(F)cc2F)CC1. The summed E-state index contributed by atoms with van der Waals surface area (Å²) in [4.78, 5) is 16.8. The Morgan fingerprint density at radius 3 is 2.48 bits per heavy atom. The summed E-state index contributed by atoms with van der Waals surface area (Å²) < 4.78 is 26.9. The van der Waals surface area contributed by atoms with Crippen LogP contribution in [0.25, 0.3) is 0 Å². The molecule has 132 valence electrons. The number of likely N-dealkylation sites (N-methyl/N-ethyl adjacent to an activating group) is 1. The predicted octanol–water partition coefficient (Wildman–Crippen LogP) is 3.62.